The van der Waals surface area contributed by atoms with Crippen molar-refractivity contribution in [2.45, 2.75) is 43.7 Å². The average Bonchev–Trinajstić information content (AvgIpc) is 3.32. The van der Waals surface area contributed by atoms with Crippen LogP contribution in [0.1, 0.15) is 46.5 Å². The molecule has 1 fully saturated rings. The highest BCUT2D eigenvalue weighted by atomic mass is 16.3. The fourth-order valence-electron chi connectivity index (χ4n) is 4.85. The predicted octanol–water partition coefficient (Wildman–Crippen LogP) is 4.08. The molecule has 1 aromatic heterocycles. The van der Waals surface area contributed by atoms with Crippen LogP contribution in [0.4, 0.5) is 0 Å². The summed E-state index contributed by atoms with van der Waals surface area (Å²) in [6.07, 6.45) is 5.30. The van der Waals surface area contributed by atoms with Crippen LogP contribution in [0.5, 0.6) is 0 Å². The Kier molecular flexibility index (Phi) is 5.10. The highest BCUT2D eigenvalue weighted by Crippen LogP contribution is 2.43. The molecule has 5 rings (SSSR count). The molecule has 0 unspecified atom stereocenters. The van der Waals surface area contributed by atoms with Crippen molar-refractivity contribution in [2.75, 3.05) is 6.54 Å². The number of fused-ring (bicyclic) bond motifs is 1. The van der Waals surface area contributed by atoms with Gasteiger partial charge in [-0.05, 0) is 41.7 Å². The van der Waals surface area contributed by atoms with E-state index in [2.05, 4.69) is 29.6 Å². The molecule has 158 valence electrons. The zero-order valence-electron chi connectivity index (χ0n) is 17.4. The van der Waals surface area contributed by atoms with Crippen molar-refractivity contribution in [3.63, 3.8) is 0 Å². The number of carbonyl (C=O) groups is 2. The lowest BCUT2D eigenvalue weighted by Gasteiger charge is -2.43. The lowest BCUT2D eigenvalue weighted by atomic mass is 9.64. The highest BCUT2D eigenvalue weighted by molar-refractivity contribution is 5.96. The van der Waals surface area contributed by atoms with Gasteiger partial charge in [0.25, 0.3) is 5.91 Å². The summed E-state index contributed by atoms with van der Waals surface area (Å²) in [5.41, 5.74) is 3.47. The summed E-state index contributed by atoms with van der Waals surface area (Å²) >= 11 is 0. The quantitative estimate of drug-likeness (QED) is 0.684. The van der Waals surface area contributed by atoms with E-state index in [0.717, 1.165) is 24.0 Å². The monoisotopic (exact) mass is 414 g/mol. The van der Waals surface area contributed by atoms with Gasteiger partial charge in [0.05, 0.1) is 6.26 Å². The van der Waals surface area contributed by atoms with Gasteiger partial charge in [-0.1, -0.05) is 61.0 Å². The Bertz CT molecular complexity index is 1070. The van der Waals surface area contributed by atoms with E-state index in [9.17, 15) is 9.59 Å². The summed E-state index contributed by atoms with van der Waals surface area (Å²) in [7, 11) is 0. The maximum absolute atomic E-state index is 13.4. The zero-order chi connectivity index (χ0) is 21.3. The standard InChI is InChI=1S/C26H26N2O3/c29-24(27-18-26(13-7-14-26)21-10-2-1-3-11-21)22-16-19-8-4-5-9-20(19)17-28(22)25(30)23-12-6-15-31-23/h1-6,8-12,15,22H,7,13-14,16-18H2,(H,27,29)/t22-/m0/s1. The third kappa shape index (κ3) is 3.65. The largest absolute Gasteiger partial charge is 0.459 e. The van der Waals surface area contributed by atoms with Crippen molar-refractivity contribution in [3.8, 4) is 0 Å². The summed E-state index contributed by atoms with van der Waals surface area (Å²) in [5, 5.41) is 3.19. The molecule has 31 heavy (non-hydrogen) atoms. The molecule has 2 aromatic carbocycles. The number of carbonyl (C=O) groups excluding carboxylic acids is 2. The molecule has 2 amide bonds. The first kappa shape index (κ1) is 19.6. The molecule has 0 saturated heterocycles. The third-order valence-corrected chi connectivity index (χ3v) is 6.84. The van der Waals surface area contributed by atoms with Crippen LogP contribution in [0, 0.1) is 0 Å². The Labute approximate surface area is 182 Å². The summed E-state index contributed by atoms with van der Waals surface area (Å²) in [4.78, 5) is 28.1. The van der Waals surface area contributed by atoms with E-state index in [1.165, 1.54) is 18.2 Å². The first-order valence-corrected chi connectivity index (χ1v) is 10.9. The van der Waals surface area contributed by atoms with Crippen LogP contribution in [0.3, 0.4) is 0 Å². The average molecular weight is 415 g/mol. The van der Waals surface area contributed by atoms with Gasteiger partial charge in [-0.15, -0.1) is 0 Å². The molecule has 1 N–H and O–H groups in total. The van der Waals surface area contributed by atoms with Crippen molar-refractivity contribution in [3.05, 3.63) is 95.4 Å². The second-order valence-electron chi connectivity index (χ2n) is 8.62. The van der Waals surface area contributed by atoms with Gasteiger partial charge in [-0.3, -0.25) is 9.59 Å². The van der Waals surface area contributed by atoms with Crippen LogP contribution in [-0.4, -0.2) is 29.3 Å². The second kappa shape index (κ2) is 8.06. The van der Waals surface area contributed by atoms with Gasteiger partial charge >= 0.3 is 0 Å². The molecule has 1 saturated carbocycles. The Morgan fingerprint density at radius 2 is 1.71 bits per heavy atom. The van der Waals surface area contributed by atoms with Crippen molar-refractivity contribution in [2.24, 2.45) is 0 Å². The topological polar surface area (TPSA) is 62.6 Å². The smallest absolute Gasteiger partial charge is 0.290 e. The summed E-state index contributed by atoms with van der Waals surface area (Å²) in [6.45, 7) is 0.994. The SMILES string of the molecule is O=C(NCC1(c2ccccc2)CCC1)[C@@H]1Cc2ccccc2CN1C(=O)c1ccco1. The molecule has 5 nitrogen and oxygen atoms in total. The van der Waals surface area contributed by atoms with E-state index in [1.54, 1.807) is 17.0 Å². The van der Waals surface area contributed by atoms with Crippen molar-refractivity contribution in [1.82, 2.24) is 10.2 Å². The van der Waals surface area contributed by atoms with E-state index in [0.29, 0.717) is 19.5 Å². The molecule has 1 aliphatic carbocycles. The Balaban J connectivity index is 1.37. The number of rotatable bonds is 5. The van der Waals surface area contributed by atoms with Crippen LogP contribution < -0.4 is 5.32 Å². The van der Waals surface area contributed by atoms with Gasteiger partial charge in [0.15, 0.2) is 5.76 Å². The molecule has 0 radical (unpaired) electrons. The van der Waals surface area contributed by atoms with E-state index in [4.69, 9.17) is 4.42 Å². The maximum Gasteiger partial charge on any atom is 0.290 e. The number of hydrogen-bond acceptors (Lipinski definition) is 3. The number of hydrogen-bond donors (Lipinski definition) is 1. The molecule has 1 atom stereocenters. The number of nitrogens with one attached hydrogen (secondary N) is 1. The molecular formula is C26H26N2O3. The lowest BCUT2D eigenvalue weighted by molar-refractivity contribution is -0.126. The van der Waals surface area contributed by atoms with Gasteiger partial charge < -0.3 is 14.6 Å². The van der Waals surface area contributed by atoms with Gasteiger partial charge in [-0.25, -0.2) is 0 Å². The Hall–Kier alpha value is -3.34. The third-order valence-electron chi connectivity index (χ3n) is 6.84. The highest BCUT2D eigenvalue weighted by Gasteiger charge is 2.41. The number of amides is 2. The molecular weight excluding hydrogens is 388 g/mol. The lowest BCUT2D eigenvalue weighted by Crippen LogP contribution is -2.55. The van der Waals surface area contributed by atoms with Crippen LogP contribution in [0.2, 0.25) is 0 Å². The molecule has 1 aliphatic heterocycles. The molecule has 0 spiro atoms. The first-order chi connectivity index (χ1) is 15.2. The van der Waals surface area contributed by atoms with Gasteiger partial charge in [0.2, 0.25) is 5.91 Å². The summed E-state index contributed by atoms with van der Waals surface area (Å²) in [5.74, 6) is -0.0883. The maximum atomic E-state index is 13.4. The minimum Gasteiger partial charge on any atom is -0.459 e. The number of furan rings is 1. The summed E-state index contributed by atoms with van der Waals surface area (Å²) < 4.78 is 5.34. The predicted molar refractivity (Wildman–Crippen MR) is 117 cm³/mol. The van der Waals surface area contributed by atoms with Crippen molar-refractivity contribution in [1.29, 1.82) is 0 Å². The van der Waals surface area contributed by atoms with Crippen LogP contribution in [0.15, 0.2) is 77.4 Å². The molecule has 2 heterocycles. The normalized spacial score (nSPS) is 19.2. The van der Waals surface area contributed by atoms with E-state index in [1.807, 2.05) is 30.3 Å². The minimum atomic E-state index is -0.555. The number of benzene rings is 2. The minimum absolute atomic E-state index is 0.000651. The van der Waals surface area contributed by atoms with Crippen molar-refractivity contribution >= 4 is 11.8 Å². The fraction of sp³-hybridized carbons (Fsp3) is 0.308. The van der Waals surface area contributed by atoms with Crippen LogP contribution in [0.25, 0.3) is 0 Å². The van der Waals surface area contributed by atoms with Crippen LogP contribution in [-0.2, 0) is 23.2 Å². The van der Waals surface area contributed by atoms with Crippen molar-refractivity contribution < 1.29 is 14.0 Å². The molecule has 3 aromatic rings. The van der Waals surface area contributed by atoms with Gasteiger partial charge in [-0.2, -0.15) is 0 Å². The Morgan fingerprint density at radius 3 is 2.39 bits per heavy atom. The van der Waals surface area contributed by atoms with Gasteiger partial charge in [0, 0.05) is 24.9 Å². The van der Waals surface area contributed by atoms with E-state index in [-0.39, 0.29) is 23.0 Å². The number of nitrogens with zero attached hydrogens (tertiary/aromatic N) is 1. The van der Waals surface area contributed by atoms with E-state index < -0.39 is 6.04 Å². The second-order valence-corrected chi connectivity index (χ2v) is 8.62. The first-order valence-electron chi connectivity index (χ1n) is 10.9. The Morgan fingerprint density at radius 1 is 0.968 bits per heavy atom. The fourth-order valence-corrected chi connectivity index (χ4v) is 4.85. The molecule has 0 bridgehead atoms. The summed E-state index contributed by atoms with van der Waals surface area (Å²) in [6, 6.07) is 21.2. The molecule has 5 heteroatoms. The van der Waals surface area contributed by atoms with E-state index >= 15 is 0 Å². The zero-order valence-corrected chi connectivity index (χ0v) is 17.4. The van der Waals surface area contributed by atoms with Gasteiger partial charge in [0.1, 0.15) is 6.04 Å². The van der Waals surface area contributed by atoms with Crippen LogP contribution >= 0.6 is 0 Å². The molecule has 2 aliphatic rings.